The normalized spacial score (nSPS) is 19.7. The molecule has 1 fully saturated rings. The van der Waals surface area contributed by atoms with Crippen LogP contribution >= 0.6 is 15.9 Å². The average Bonchev–Trinajstić information content (AvgIpc) is 2.79. The van der Waals surface area contributed by atoms with Gasteiger partial charge < -0.3 is 4.74 Å². The van der Waals surface area contributed by atoms with E-state index in [0.29, 0.717) is 16.8 Å². The van der Waals surface area contributed by atoms with E-state index < -0.39 is 0 Å². The van der Waals surface area contributed by atoms with Crippen molar-refractivity contribution in [1.29, 1.82) is 0 Å². The van der Waals surface area contributed by atoms with Crippen molar-refractivity contribution < 1.29 is 14.4 Å². The van der Waals surface area contributed by atoms with Crippen LogP contribution in [-0.2, 0) is 9.57 Å². The first-order chi connectivity index (χ1) is 9.09. The third-order valence-electron chi connectivity index (χ3n) is 2.95. The molecule has 1 aliphatic rings. The summed E-state index contributed by atoms with van der Waals surface area (Å²) in [5.41, 5.74) is 3.56. The summed E-state index contributed by atoms with van der Waals surface area (Å²) in [6, 6.07) is 0. The van der Waals surface area contributed by atoms with Gasteiger partial charge in [-0.2, -0.15) is 5.10 Å². The van der Waals surface area contributed by atoms with E-state index in [1.165, 1.54) is 0 Å². The van der Waals surface area contributed by atoms with E-state index in [9.17, 15) is 4.79 Å². The van der Waals surface area contributed by atoms with Crippen molar-refractivity contribution in [2.24, 2.45) is 0 Å². The maximum absolute atomic E-state index is 11.9. The fourth-order valence-electron chi connectivity index (χ4n) is 1.85. The highest BCUT2D eigenvalue weighted by Gasteiger charge is 2.21. The molecule has 0 spiro atoms. The molecule has 2 heterocycles. The van der Waals surface area contributed by atoms with Crippen molar-refractivity contribution in [3.05, 3.63) is 15.9 Å². The topological polar surface area (TPSA) is 76.2 Å². The van der Waals surface area contributed by atoms with E-state index in [2.05, 4.69) is 31.6 Å². The molecule has 1 aromatic rings. The Bertz CT molecular complexity index is 441. The number of nitrogens with zero attached hydrogens (tertiary/aromatic N) is 1. The predicted octanol–water partition coefficient (Wildman–Crippen LogP) is 2.48. The Kier molecular flexibility index (Phi) is 4.95. The van der Waals surface area contributed by atoms with Gasteiger partial charge in [-0.3, -0.25) is 9.89 Å². The van der Waals surface area contributed by atoms with E-state index in [1.807, 2.05) is 13.8 Å². The molecular formula is C12H18BrN3O3. The fraction of sp³-hybridized carbons (Fsp3) is 0.667. The molecule has 106 valence electrons. The number of rotatable bonds is 4. The maximum atomic E-state index is 11.9. The van der Waals surface area contributed by atoms with Gasteiger partial charge in [-0.25, -0.2) is 10.3 Å². The van der Waals surface area contributed by atoms with Gasteiger partial charge in [-0.1, -0.05) is 13.8 Å². The van der Waals surface area contributed by atoms with Crippen molar-refractivity contribution in [2.45, 2.75) is 45.3 Å². The molecule has 1 amide bonds. The second-order valence-electron chi connectivity index (χ2n) is 4.80. The van der Waals surface area contributed by atoms with Crippen molar-refractivity contribution in [2.75, 3.05) is 6.61 Å². The molecule has 0 radical (unpaired) electrons. The minimum Gasteiger partial charge on any atom is -0.350 e. The molecule has 0 aromatic carbocycles. The summed E-state index contributed by atoms with van der Waals surface area (Å²) < 4.78 is 6.04. The lowest BCUT2D eigenvalue weighted by Gasteiger charge is -2.21. The molecule has 0 unspecified atom stereocenters. The molecule has 6 nitrogen and oxygen atoms in total. The summed E-state index contributed by atoms with van der Waals surface area (Å²) in [6.07, 6.45) is 2.51. The van der Waals surface area contributed by atoms with Crippen LogP contribution in [0.15, 0.2) is 4.47 Å². The van der Waals surface area contributed by atoms with Crippen LogP contribution in [0.5, 0.6) is 0 Å². The van der Waals surface area contributed by atoms with Gasteiger partial charge in [0.25, 0.3) is 5.91 Å². The molecule has 0 aliphatic carbocycles. The monoisotopic (exact) mass is 331 g/mol. The van der Waals surface area contributed by atoms with Gasteiger partial charge in [0.15, 0.2) is 12.0 Å². The first-order valence-corrected chi connectivity index (χ1v) is 7.20. The van der Waals surface area contributed by atoms with Gasteiger partial charge in [-0.05, 0) is 34.7 Å². The largest absolute Gasteiger partial charge is 0.350 e. The van der Waals surface area contributed by atoms with Gasteiger partial charge in [0.1, 0.15) is 0 Å². The lowest BCUT2D eigenvalue weighted by atomic mass is 10.1. The average molecular weight is 332 g/mol. The summed E-state index contributed by atoms with van der Waals surface area (Å²) in [6.45, 7) is 4.71. The Morgan fingerprint density at radius 3 is 2.95 bits per heavy atom. The number of carbonyl (C=O) groups is 1. The van der Waals surface area contributed by atoms with Gasteiger partial charge in [0.2, 0.25) is 0 Å². The molecule has 0 saturated carbocycles. The molecule has 2 N–H and O–H groups in total. The van der Waals surface area contributed by atoms with E-state index in [-0.39, 0.29) is 18.1 Å². The molecule has 2 rings (SSSR count). The lowest BCUT2D eigenvalue weighted by Crippen LogP contribution is -2.33. The summed E-state index contributed by atoms with van der Waals surface area (Å²) in [7, 11) is 0. The van der Waals surface area contributed by atoms with Crippen LogP contribution < -0.4 is 5.48 Å². The molecular weight excluding hydrogens is 314 g/mol. The Labute approximate surface area is 120 Å². The maximum Gasteiger partial charge on any atom is 0.296 e. The summed E-state index contributed by atoms with van der Waals surface area (Å²) in [5, 5.41) is 6.84. The Morgan fingerprint density at radius 1 is 1.58 bits per heavy atom. The zero-order valence-electron chi connectivity index (χ0n) is 11.0. The number of carbonyl (C=O) groups excluding carboxylic acids is 1. The highest BCUT2D eigenvalue weighted by molar-refractivity contribution is 9.10. The Balaban J connectivity index is 1.92. The van der Waals surface area contributed by atoms with Crippen LogP contribution in [-0.4, -0.2) is 29.0 Å². The smallest absolute Gasteiger partial charge is 0.296 e. The van der Waals surface area contributed by atoms with Gasteiger partial charge in [-0.15, -0.1) is 0 Å². The van der Waals surface area contributed by atoms with Crippen LogP contribution in [0.2, 0.25) is 0 Å². The number of ether oxygens (including phenoxy) is 1. The number of amides is 1. The Hall–Kier alpha value is -0.920. The van der Waals surface area contributed by atoms with E-state index in [1.54, 1.807) is 0 Å². The number of aromatic amines is 1. The number of H-pyrrole nitrogens is 1. The molecule has 1 saturated heterocycles. The number of aromatic nitrogens is 2. The SMILES string of the molecule is CC(C)c1[nH]nc(C(=O)NO[C@H]2CCCCO2)c1Br. The van der Waals surface area contributed by atoms with E-state index in [4.69, 9.17) is 9.57 Å². The van der Waals surface area contributed by atoms with Crippen LogP contribution in [0.4, 0.5) is 0 Å². The second kappa shape index (κ2) is 6.49. The van der Waals surface area contributed by atoms with Crippen LogP contribution in [0.25, 0.3) is 0 Å². The second-order valence-corrected chi connectivity index (χ2v) is 5.59. The highest BCUT2D eigenvalue weighted by Crippen LogP contribution is 2.25. The van der Waals surface area contributed by atoms with Crippen molar-refractivity contribution in [3.63, 3.8) is 0 Å². The first-order valence-electron chi connectivity index (χ1n) is 6.41. The van der Waals surface area contributed by atoms with Gasteiger partial charge in [0.05, 0.1) is 10.2 Å². The Morgan fingerprint density at radius 2 is 2.37 bits per heavy atom. The third-order valence-corrected chi connectivity index (χ3v) is 3.75. The summed E-state index contributed by atoms with van der Waals surface area (Å²) in [4.78, 5) is 17.2. The fourth-order valence-corrected chi connectivity index (χ4v) is 2.66. The zero-order valence-corrected chi connectivity index (χ0v) is 12.6. The summed E-state index contributed by atoms with van der Waals surface area (Å²) >= 11 is 3.38. The molecule has 1 atom stereocenters. The van der Waals surface area contributed by atoms with Crippen molar-refractivity contribution in [1.82, 2.24) is 15.7 Å². The minimum absolute atomic E-state index is 0.256. The standard InChI is InChI=1S/C12H18BrN3O3/c1-7(2)10-9(13)11(15-14-10)12(17)16-19-8-5-3-4-6-18-8/h7-8H,3-6H2,1-2H3,(H,14,15)(H,16,17)/t8-/m0/s1. The molecule has 1 aromatic heterocycles. The number of hydrogen-bond donors (Lipinski definition) is 2. The minimum atomic E-state index is -0.385. The third kappa shape index (κ3) is 3.55. The quantitative estimate of drug-likeness (QED) is 0.831. The zero-order chi connectivity index (χ0) is 13.8. The number of hydroxylamine groups is 1. The number of halogens is 1. The molecule has 7 heteroatoms. The lowest BCUT2D eigenvalue weighted by molar-refractivity contribution is -0.186. The van der Waals surface area contributed by atoms with E-state index in [0.717, 1.165) is 25.0 Å². The number of hydrogen-bond acceptors (Lipinski definition) is 4. The van der Waals surface area contributed by atoms with Gasteiger partial charge >= 0.3 is 0 Å². The van der Waals surface area contributed by atoms with Crippen LogP contribution in [0.1, 0.15) is 55.2 Å². The van der Waals surface area contributed by atoms with Crippen LogP contribution in [0, 0.1) is 0 Å². The van der Waals surface area contributed by atoms with Crippen LogP contribution in [0.3, 0.4) is 0 Å². The first kappa shape index (κ1) is 14.5. The number of nitrogens with one attached hydrogen (secondary N) is 2. The molecule has 19 heavy (non-hydrogen) atoms. The highest BCUT2D eigenvalue weighted by atomic mass is 79.9. The molecule has 0 bridgehead atoms. The predicted molar refractivity (Wildman–Crippen MR) is 72.5 cm³/mol. The molecule has 1 aliphatic heterocycles. The van der Waals surface area contributed by atoms with Gasteiger partial charge in [0, 0.05) is 13.0 Å². The van der Waals surface area contributed by atoms with Crippen molar-refractivity contribution >= 4 is 21.8 Å². The van der Waals surface area contributed by atoms with Crippen molar-refractivity contribution in [3.8, 4) is 0 Å². The summed E-state index contributed by atoms with van der Waals surface area (Å²) in [5.74, 6) is -0.129. The van der Waals surface area contributed by atoms with E-state index >= 15 is 0 Å².